The number of hydrogen-bond donors (Lipinski definition) is 0. The lowest BCUT2D eigenvalue weighted by molar-refractivity contribution is -0.226. The van der Waals surface area contributed by atoms with Crippen LogP contribution in [-0.2, 0) is 23.8 Å². The number of rotatable bonds is 4. The molecule has 11 heteroatoms. The second-order valence-electron chi connectivity index (χ2n) is 6.23. The highest BCUT2D eigenvalue weighted by atomic mass is 35.5. The van der Waals surface area contributed by atoms with Gasteiger partial charge in [0, 0.05) is 19.8 Å². The van der Waals surface area contributed by atoms with Crippen molar-refractivity contribution in [2.75, 3.05) is 6.61 Å². The number of carbonyl (C=O) groups excluding carboxylic acids is 2. The molecule has 1 fully saturated rings. The second-order valence-corrected chi connectivity index (χ2v) is 6.59. The smallest absolute Gasteiger partial charge is 0.303 e. The highest BCUT2D eigenvalue weighted by Crippen LogP contribution is 2.38. The lowest BCUT2D eigenvalue weighted by Gasteiger charge is -2.42. The van der Waals surface area contributed by atoms with Crippen LogP contribution in [0.3, 0.4) is 0 Å². The minimum Gasteiger partial charge on any atom is -0.463 e. The highest BCUT2D eigenvalue weighted by Gasteiger charge is 2.47. The molecule has 3 heterocycles. The van der Waals surface area contributed by atoms with Crippen LogP contribution in [0, 0.1) is 5.92 Å². The molecular weight excluding hydrogens is 383 g/mol. The fraction of sp³-hybridized carbons (Fsp3) is 0.562. The van der Waals surface area contributed by atoms with Crippen LogP contribution in [0.1, 0.15) is 27.0 Å². The molecular formula is C16H18ClFN4O5. The maximum Gasteiger partial charge on any atom is 0.303 e. The fourth-order valence-corrected chi connectivity index (χ4v) is 3.21. The van der Waals surface area contributed by atoms with Gasteiger partial charge in [-0.1, -0.05) is 18.5 Å². The monoisotopic (exact) mass is 400 g/mol. The molecule has 0 N–H and O–H groups in total. The summed E-state index contributed by atoms with van der Waals surface area (Å²) in [7, 11) is 0. The zero-order chi connectivity index (χ0) is 19.7. The summed E-state index contributed by atoms with van der Waals surface area (Å²) in [4.78, 5) is 34.7. The average Bonchev–Trinajstić information content (AvgIpc) is 3.03. The summed E-state index contributed by atoms with van der Waals surface area (Å²) in [5.41, 5.74) is 0.722. The lowest BCUT2D eigenvalue weighted by atomic mass is 9.92. The highest BCUT2D eigenvalue weighted by molar-refractivity contribution is 6.33. The van der Waals surface area contributed by atoms with Crippen LogP contribution in [0.4, 0.5) is 4.39 Å². The summed E-state index contributed by atoms with van der Waals surface area (Å²) < 4.78 is 32.6. The molecule has 0 amide bonds. The quantitative estimate of drug-likeness (QED) is 0.565. The Kier molecular flexibility index (Phi) is 5.56. The third kappa shape index (κ3) is 3.86. The molecule has 146 valence electrons. The summed E-state index contributed by atoms with van der Waals surface area (Å²) >= 11 is 6.01. The number of aromatic nitrogens is 4. The summed E-state index contributed by atoms with van der Waals surface area (Å²) in [5.74, 6) is -1.93. The Morgan fingerprint density at radius 3 is 2.70 bits per heavy atom. The Labute approximate surface area is 158 Å². The maximum atomic E-state index is 15.1. The van der Waals surface area contributed by atoms with E-state index in [2.05, 4.69) is 15.0 Å². The SMILES string of the molecule is CC(=O)OC[C@H]1O[C@@H](n2cnc3c(Cl)ncnc32)C(C)C(F)C1OC(C)=O. The van der Waals surface area contributed by atoms with Gasteiger partial charge in [0.05, 0.1) is 6.33 Å². The van der Waals surface area contributed by atoms with Gasteiger partial charge in [-0.25, -0.2) is 19.3 Å². The topological polar surface area (TPSA) is 105 Å². The minimum atomic E-state index is -1.57. The minimum absolute atomic E-state index is 0.160. The molecule has 0 aliphatic carbocycles. The number of fused-ring (bicyclic) bond motifs is 1. The van der Waals surface area contributed by atoms with Gasteiger partial charge in [0.15, 0.2) is 16.9 Å². The zero-order valence-electron chi connectivity index (χ0n) is 14.8. The first-order valence-corrected chi connectivity index (χ1v) is 8.60. The van der Waals surface area contributed by atoms with E-state index in [4.69, 9.17) is 25.8 Å². The Balaban J connectivity index is 1.94. The fourth-order valence-electron chi connectivity index (χ4n) is 3.04. The number of nitrogens with zero attached hydrogens (tertiary/aromatic N) is 4. The number of halogens is 2. The largest absolute Gasteiger partial charge is 0.463 e. The van der Waals surface area contributed by atoms with Gasteiger partial charge in [0.1, 0.15) is 37.0 Å². The van der Waals surface area contributed by atoms with Gasteiger partial charge in [-0.2, -0.15) is 0 Å². The summed E-state index contributed by atoms with van der Waals surface area (Å²) in [6.45, 7) is 3.75. The predicted molar refractivity (Wildman–Crippen MR) is 90.5 cm³/mol. The summed E-state index contributed by atoms with van der Waals surface area (Å²) in [6, 6.07) is 0. The van der Waals surface area contributed by atoms with Gasteiger partial charge >= 0.3 is 11.9 Å². The van der Waals surface area contributed by atoms with Crippen molar-refractivity contribution in [1.82, 2.24) is 19.5 Å². The van der Waals surface area contributed by atoms with Crippen molar-refractivity contribution in [2.45, 2.75) is 45.4 Å². The Morgan fingerprint density at radius 1 is 1.30 bits per heavy atom. The van der Waals surface area contributed by atoms with Crippen LogP contribution in [0.15, 0.2) is 12.7 Å². The molecule has 1 saturated heterocycles. The van der Waals surface area contributed by atoms with Crippen molar-refractivity contribution >= 4 is 34.7 Å². The van der Waals surface area contributed by atoms with E-state index in [1.165, 1.54) is 31.1 Å². The predicted octanol–water partition coefficient (Wildman–Crippen LogP) is 1.85. The number of esters is 2. The van der Waals surface area contributed by atoms with Crippen LogP contribution in [0.25, 0.3) is 11.2 Å². The van der Waals surface area contributed by atoms with Crippen LogP contribution in [-0.4, -0.2) is 56.4 Å². The molecule has 1 aliphatic heterocycles. The molecule has 2 aromatic heterocycles. The normalized spacial score (nSPS) is 28.1. The van der Waals surface area contributed by atoms with E-state index in [1.54, 1.807) is 6.92 Å². The average molecular weight is 401 g/mol. The van der Waals surface area contributed by atoms with E-state index in [0.29, 0.717) is 11.2 Å². The van der Waals surface area contributed by atoms with Crippen LogP contribution in [0.2, 0.25) is 5.15 Å². The lowest BCUT2D eigenvalue weighted by Crippen LogP contribution is -2.53. The van der Waals surface area contributed by atoms with E-state index in [9.17, 15) is 9.59 Å². The van der Waals surface area contributed by atoms with Crippen LogP contribution < -0.4 is 0 Å². The molecule has 0 aromatic carbocycles. The van der Waals surface area contributed by atoms with Crippen molar-refractivity contribution in [2.24, 2.45) is 5.92 Å². The molecule has 9 nitrogen and oxygen atoms in total. The number of carbonyl (C=O) groups is 2. The van der Waals surface area contributed by atoms with Gasteiger partial charge in [0.25, 0.3) is 0 Å². The van der Waals surface area contributed by atoms with E-state index < -0.39 is 42.5 Å². The Hall–Kier alpha value is -2.33. The van der Waals surface area contributed by atoms with E-state index in [1.807, 2.05) is 0 Å². The van der Waals surface area contributed by atoms with E-state index in [-0.39, 0.29) is 11.8 Å². The molecule has 0 spiro atoms. The van der Waals surface area contributed by atoms with Crippen molar-refractivity contribution in [3.05, 3.63) is 17.8 Å². The third-order valence-corrected chi connectivity index (χ3v) is 4.56. The molecule has 3 unspecified atom stereocenters. The van der Waals surface area contributed by atoms with Crippen molar-refractivity contribution < 1.29 is 28.2 Å². The van der Waals surface area contributed by atoms with E-state index in [0.717, 1.165) is 0 Å². The molecule has 5 atom stereocenters. The number of hydrogen-bond acceptors (Lipinski definition) is 8. The number of ether oxygens (including phenoxy) is 3. The summed E-state index contributed by atoms with van der Waals surface area (Å²) in [5, 5.41) is 0.160. The zero-order valence-corrected chi connectivity index (χ0v) is 15.6. The van der Waals surface area contributed by atoms with Crippen molar-refractivity contribution in [3.63, 3.8) is 0 Å². The maximum absolute atomic E-state index is 15.1. The first kappa shape index (κ1) is 19.4. The van der Waals surface area contributed by atoms with Crippen molar-refractivity contribution in [3.8, 4) is 0 Å². The number of alkyl halides is 1. The van der Waals surface area contributed by atoms with Gasteiger partial charge in [-0.05, 0) is 0 Å². The van der Waals surface area contributed by atoms with Gasteiger partial charge in [-0.15, -0.1) is 0 Å². The van der Waals surface area contributed by atoms with Gasteiger partial charge in [-0.3, -0.25) is 14.2 Å². The molecule has 1 aliphatic rings. The first-order valence-electron chi connectivity index (χ1n) is 8.22. The molecule has 3 rings (SSSR count). The van der Waals surface area contributed by atoms with Gasteiger partial charge in [0.2, 0.25) is 0 Å². The third-order valence-electron chi connectivity index (χ3n) is 4.29. The molecule has 0 saturated carbocycles. The Morgan fingerprint density at radius 2 is 2.04 bits per heavy atom. The summed E-state index contributed by atoms with van der Waals surface area (Å²) in [6.07, 6.45) is -1.91. The molecule has 2 aromatic rings. The molecule has 27 heavy (non-hydrogen) atoms. The van der Waals surface area contributed by atoms with Crippen LogP contribution >= 0.6 is 11.6 Å². The Bertz CT molecular complexity index is 862. The van der Waals surface area contributed by atoms with E-state index >= 15 is 4.39 Å². The standard InChI is InChI=1S/C16H18ClFN4O5/c1-7-11(18)13(26-9(3)24)10(4-25-8(2)23)27-16(7)22-6-21-12-14(17)19-5-20-15(12)22/h5-7,10-11,13,16H,4H2,1-3H3/t7?,10-,11?,13?,16-/m1/s1. The van der Waals surface area contributed by atoms with Crippen molar-refractivity contribution in [1.29, 1.82) is 0 Å². The first-order chi connectivity index (χ1) is 12.8. The molecule has 0 radical (unpaired) electrons. The van der Waals surface area contributed by atoms with Crippen LogP contribution in [0.5, 0.6) is 0 Å². The van der Waals surface area contributed by atoms with Gasteiger partial charge < -0.3 is 14.2 Å². The second kappa shape index (κ2) is 7.73. The number of imidazole rings is 1. The molecule has 0 bridgehead atoms.